The molecule has 4 heteroatoms. The van der Waals surface area contributed by atoms with E-state index in [1.807, 2.05) is 0 Å². The van der Waals surface area contributed by atoms with Crippen LogP contribution in [0.25, 0.3) is 0 Å². The van der Waals surface area contributed by atoms with Gasteiger partial charge >= 0.3 is 0 Å². The van der Waals surface area contributed by atoms with Gasteiger partial charge in [-0.25, -0.2) is 0 Å². The Kier molecular flexibility index (Phi) is 3.68. The lowest BCUT2D eigenvalue weighted by Crippen LogP contribution is -2.53. The maximum absolute atomic E-state index is 11.9. The van der Waals surface area contributed by atoms with Gasteiger partial charge in [0.2, 0.25) is 5.91 Å². The van der Waals surface area contributed by atoms with Crippen molar-refractivity contribution in [3.05, 3.63) is 0 Å². The van der Waals surface area contributed by atoms with Gasteiger partial charge in [-0.1, -0.05) is 19.3 Å². The van der Waals surface area contributed by atoms with Gasteiger partial charge in [0.15, 0.2) is 0 Å². The average molecular weight is 235 g/mol. The monoisotopic (exact) mass is 235 g/mol. The van der Waals surface area contributed by atoms with Crippen LogP contribution in [0.1, 0.15) is 44.9 Å². The molecule has 1 amide bonds. The number of carbonyl (C=O) groups is 1. The van der Waals surface area contributed by atoms with E-state index in [4.69, 9.17) is 5.73 Å². The molecule has 1 aliphatic heterocycles. The van der Waals surface area contributed by atoms with Gasteiger partial charge in [0.25, 0.3) is 0 Å². The van der Waals surface area contributed by atoms with E-state index in [1.54, 1.807) is 4.90 Å². The van der Waals surface area contributed by atoms with E-state index in [-0.39, 0.29) is 12.5 Å². The van der Waals surface area contributed by atoms with E-state index in [0.29, 0.717) is 12.5 Å². The van der Waals surface area contributed by atoms with Gasteiger partial charge in [0, 0.05) is 6.54 Å². The smallest absolute Gasteiger partial charge is 0.237 e. The fourth-order valence-corrected chi connectivity index (χ4v) is 3.51. The number of hydrogen-bond acceptors (Lipinski definition) is 3. The predicted molar refractivity (Wildman–Crippen MR) is 64.9 cm³/mol. The topological polar surface area (TPSA) is 70.1 Å². The average Bonchev–Trinajstić information content (AvgIpc) is 2.84. The van der Waals surface area contributed by atoms with E-state index in [2.05, 4.69) is 6.07 Å². The summed E-state index contributed by atoms with van der Waals surface area (Å²) in [6.07, 6.45) is 7.60. The number of nitrogens with zero attached hydrogens (tertiary/aromatic N) is 2. The van der Waals surface area contributed by atoms with Gasteiger partial charge in [-0.3, -0.25) is 4.79 Å². The molecule has 1 saturated carbocycles. The van der Waals surface area contributed by atoms with E-state index >= 15 is 0 Å². The number of rotatable bonds is 2. The lowest BCUT2D eigenvalue weighted by Gasteiger charge is -2.40. The van der Waals surface area contributed by atoms with Crippen LogP contribution in [0.15, 0.2) is 0 Å². The van der Waals surface area contributed by atoms with Crippen LogP contribution in [0.2, 0.25) is 0 Å². The summed E-state index contributed by atoms with van der Waals surface area (Å²) in [6, 6.07) is 2.46. The molecule has 1 heterocycles. The highest BCUT2D eigenvalue weighted by Gasteiger charge is 2.49. The summed E-state index contributed by atoms with van der Waals surface area (Å²) in [5.74, 6) is 0.300. The third-order valence-corrected chi connectivity index (χ3v) is 4.37. The highest BCUT2D eigenvalue weighted by Crippen LogP contribution is 2.42. The Labute approximate surface area is 103 Å². The molecule has 0 unspecified atom stereocenters. The first-order valence-corrected chi connectivity index (χ1v) is 6.66. The first kappa shape index (κ1) is 12.4. The van der Waals surface area contributed by atoms with Gasteiger partial charge in [-0.15, -0.1) is 0 Å². The van der Waals surface area contributed by atoms with Crippen LogP contribution in [0.5, 0.6) is 0 Å². The van der Waals surface area contributed by atoms with Gasteiger partial charge in [0.1, 0.15) is 5.54 Å². The van der Waals surface area contributed by atoms with Crippen molar-refractivity contribution in [3.8, 4) is 6.07 Å². The molecule has 2 aliphatic rings. The molecule has 1 saturated heterocycles. The lowest BCUT2D eigenvalue weighted by atomic mass is 9.74. The first-order chi connectivity index (χ1) is 8.24. The summed E-state index contributed by atoms with van der Waals surface area (Å²) in [7, 11) is 0. The zero-order valence-electron chi connectivity index (χ0n) is 10.3. The van der Waals surface area contributed by atoms with Gasteiger partial charge < -0.3 is 10.6 Å². The number of amides is 1. The largest absolute Gasteiger partial charge is 0.323 e. The van der Waals surface area contributed by atoms with Gasteiger partial charge in [0.05, 0.1) is 12.6 Å². The summed E-state index contributed by atoms with van der Waals surface area (Å²) in [5, 5.41) is 9.60. The zero-order chi connectivity index (χ0) is 12.3. The molecule has 0 aromatic rings. The van der Waals surface area contributed by atoms with Crippen molar-refractivity contribution in [1.82, 2.24) is 4.90 Å². The summed E-state index contributed by atoms with van der Waals surface area (Å²) in [6.45, 7) is 0.732. The Morgan fingerprint density at radius 1 is 1.35 bits per heavy atom. The molecule has 1 aliphatic carbocycles. The van der Waals surface area contributed by atoms with Crippen LogP contribution in [0.4, 0.5) is 0 Å². The second-order valence-corrected chi connectivity index (χ2v) is 5.22. The molecule has 0 aromatic carbocycles. The van der Waals surface area contributed by atoms with E-state index in [9.17, 15) is 10.1 Å². The molecule has 0 radical (unpaired) electrons. The van der Waals surface area contributed by atoms with E-state index < -0.39 is 5.54 Å². The summed E-state index contributed by atoms with van der Waals surface area (Å²) in [5.41, 5.74) is 4.91. The molecular weight excluding hydrogens is 214 g/mol. The highest BCUT2D eigenvalue weighted by atomic mass is 16.2. The number of nitrogens with two attached hydrogens (primary N) is 1. The number of nitriles is 1. The van der Waals surface area contributed by atoms with E-state index in [1.165, 1.54) is 19.3 Å². The second-order valence-electron chi connectivity index (χ2n) is 5.22. The number of carbonyl (C=O) groups excluding carboxylic acids is 1. The predicted octanol–water partition coefficient (Wildman–Crippen LogP) is 1.41. The van der Waals surface area contributed by atoms with Crippen LogP contribution in [-0.2, 0) is 4.79 Å². The fraction of sp³-hybridized carbons (Fsp3) is 0.846. The minimum Gasteiger partial charge on any atom is -0.323 e. The van der Waals surface area contributed by atoms with Crippen LogP contribution < -0.4 is 5.73 Å². The van der Waals surface area contributed by atoms with Gasteiger partial charge in [-0.2, -0.15) is 5.26 Å². The van der Waals surface area contributed by atoms with Gasteiger partial charge in [-0.05, 0) is 31.6 Å². The van der Waals surface area contributed by atoms with Crippen molar-refractivity contribution in [1.29, 1.82) is 5.26 Å². The van der Waals surface area contributed by atoms with E-state index in [0.717, 1.165) is 25.7 Å². The van der Waals surface area contributed by atoms with Crippen LogP contribution in [0.3, 0.4) is 0 Å². The Morgan fingerprint density at radius 3 is 2.65 bits per heavy atom. The summed E-state index contributed by atoms with van der Waals surface area (Å²) >= 11 is 0. The van der Waals surface area contributed by atoms with Crippen LogP contribution >= 0.6 is 0 Å². The van der Waals surface area contributed by atoms with Crippen LogP contribution in [-0.4, -0.2) is 29.4 Å². The molecule has 17 heavy (non-hydrogen) atoms. The minimum absolute atomic E-state index is 0.0240. The fourth-order valence-electron chi connectivity index (χ4n) is 3.51. The zero-order valence-corrected chi connectivity index (χ0v) is 10.3. The Balaban J connectivity index is 2.22. The summed E-state index contributed by atoms with van der Waals surface area (Å²) in [4.78, 5) is 13.6. The Hall–Kier alpha value is -1.08. The maximum Gasteiger partial charge on any atom is 0.237 e. The van der Waals surface area contributed by atoms with Crippen molar-refractivity contribution in [2.45, 2.75) is 50.5 Å². The Bertz CT molecular complexity index is 330. The molecule has 1 atom stereocenters. The molecule has 2 fully saturated rings. The maximum atomic E-state index is 11.9. The molecule has 0 spiro atoms. The molecule has 0 aromatic heterocycles. The first-order valence-electron chi connectivity index (χ1n) is 6.66. The SMILES string of the molecule is N#C[C@]1(C2CCCCC2)CCCN1C(=O)CN. The molecule has 4 nitrogen and oxygen atoms in total. The minimum atomic E-state index is -0.545. The number of hydrogen-bond donors (Lipinski definition) is 1. The Morgan fingerprint density at radius 2 is 2.06 bits per heavy atom. The van der Waals surface area contributed by atoms with Crippen molar-refractivity contribution in [2.24, 2.45) is 11.7 Å². The molecule has 94 valence electrons. The lowest BCUT2D eigenvalue weighted by molar-refractivity contribution is -0.134. The molecule has 2 N–H and O–H groups in total. The van der Waals surface area contributed by atoms with Crippen molar-refractivity contribution in [3.63, 3.8) is 0 Å². The quantitative estimate of drug-likeness (QED) is 0.786. The second kappa shape index (κ2) is 5.05. The number of likely N-dealkylation sites (tertiary alicyclic amines) is 1. The van der Waals surface area contributed by atoms with Crippen molar-refractivity contribution in [2.75, 3.05) is 13.1 Å². The van der Waals surface area contributed by atoms with Crippen molar-refractivity contribution >= 4 is 5.91 Å². The summed E-state index contributed by atoms with van der Waals surface area (Å²) < 4.78 is 0. The highest BCUT2D eigenvalue weighted by molar-refractivity contribution is 5.79. The normalized spacial score (nSPS) is 30.2. The molecular formula is C13H21N3O. The van der Waals surface area contributed by atoms with Crippen LogP contribution in [0, 0.1) is 17.2 Å². The van der Waals surface area contributed by atoms with Crippen molar-refractivity contribution < 1.29 is 4.79 Å². The standard InChI is InChI=1S/C13H21N3O/c14-9-12(17)16-8-4-7-13(16,10-15)11-5-2-1-3-6-11/h11H,1-9,14H2/t13-/m0/s1. The molecule has 0 bridgehead atoms. The third-order valence-electron chi connectivity index (χ3n) is 4.37. The third kappa shape index (κ3) is 2.04. The molecule has 2 rings (SSSR count).